The molecular formula is C11H15NO3. The van der Waals surface area contributed by atoms with E-state index in [1.165, 1.54) is 7.11 Å². The molecule has 0 saturated heterocycles. The second-order valence-corrected chi connectivity index (χ2v) is 3.52. The topological polar surface area (TPSA) is 72.5 Å². The molecule has 3 N–H and O–H groups in total. The Bertz CT molecular complexity index is 386. The summed E-state index contributed by atoms with van der Waals surface area (Å²) < 4.78 is 4.95. The van der Waals surface area contributed by atoms with E-state index in [1.54, 1.807) is 19.1 Å². The van der Waals surface area contributed by atoms with E-state index in [-0.39, 0.29) is 17.1 Å². The highest BCUT2D eigenvalue weighted by atomic mass is 16.5. The van der Waals surface area contributed by atoms with Gasteiger partial charge in [-0.2, -0.15) is 0 Å². The molecule has 0 saturated carbocycles. The Labute approximate surface area is 88.7 Å². The van der Waals surface area contributed by atoms with E-state index in [9.17, 15) is 9.90 Å². The van der Waals surface area contributed by atoms with Gasteiger partial charge < -0.3 is 15.6 Å². The highest BCUT2D eigenvalue weighted by Crippen LogP contribution is 2.31. The van der Waals surface area contributed by atoms with Gasteiger partial charge in [-0.1, -0.05) is 0 Å². The van der Waals surface area contributed by atoms with Crippen molar-refractivity contribution >= 4 is 5.78 Å². The Balaban J connectivity index is 3.29. The van der Waals surface area contributed by atoms with Gasteiger partial charge in [-0.05, 0) is 31.5 Å². The lowest BCUT2D eigenvalue weighted by Crippen LogP contribution is -2.26. The van der Waals surface area contributed by atoms with E-state index < -0.39 is 6.04 Å². The molecule has 15 heavy (non-hydrogen) atoms. The summed E-state index contributed by atoms with van der Waals surface area (Å²) in [6.07, 6.45) is 0. The Morgan fingerprint density at radius 3 is 2.60 bits per heavy atom. The molecular weight excluding hydrogens is 194 g/mol. The molecule has 1 aromatic rings. The summed E-state index contributed by atoms with van der Waals surface area (Å²) in [6, 6.07) is 2.62. The van der Waals surface area contributed by atoms with E-state index in [2.05, 4.69) is 0 Å². The second-order valence-electron chi connectivity index (χ2n) is 3.52. The van der Waals surface area contributed by atoms with Gasteiger partial charge in [0.1, 0.15) is 0 Å². The van der Waals surface area contributed by atoms with E-state index in [4.69, 9.17) is 10.5 Å². The number of ketones is 1. The third-order valence-corrected chi connectivity index (χ3v) is 2.12. The third-order valence-electron chi connectivity index (χ3n) is 2.12. The summed E-state index contributed by atoms with van der Waals surface area (Å²) in [5, 5.41) is 9.73. The van der Waals surface area contributed by atoms with Gasteiger partial charge in [0.2, 0.25) is 0 Å². The van der Waals surface area contributed by atoms with E-state index in [0.717, 1.165) is 5.56 Å². The van der Waals surface area contributed by atoms with Crippen molar-refractivity contribution in [2.24, 2.45) is 5.73 Å². The van der Waals surface area contributed by atoms with E-state index >= 15 is 0 Å². The minimum atomic E-state index is -0.637. The number of rotatable bonds is 3. The van der Waals surface area contributed by atoms with E-state index in [0.29, 0.717) is 5.75 Å². The Morgan fingerprint density at radius 2 is 2.13 bits per heavy atom. The first-order chi connectivity index (χ1) is 6.97. The highest BCUT2D eigenvalue weighted by Gasteiger charge is 2.18. The van der Waals surface area contributed by atoms with Crippen LogP contribution in [0.1, 0.15) is 22.8 Å². The lowest BCUT2D eigenvalue weighted by atomic mass is 10.0. The van der Waals surface area contributed by atoms with Crippen molar-refractivity contribution < 1.29 is 14.6 Å². The van der Waals surface area contributed by atoms with Gasteiger partial charge in [-0.15, -0.1) is 0 Å². The standard InChI is InChI=1S/C11H15NO3/c1-6-4-8(10(13)7(2)12)11(14)9(5-6)15-3/h4-5,7,14H,12H2,1-3H3. The van der Waals surface area contributed by atoms with Crippen LogP contribution in [0.5, 0.6) is 11.5 Å². The minimum Gasteiger partial charge on any atom is -0.504 e. The normalized spacial score (nSPS) is 12.3. The van der Waals surface area contributed by atoms with Crippen LogP contribution in [0.3, 0.4) is 0 Å². The van der Waals surface area contributed by atoms with Crippen molar-refractivity contribution in [2.75, 3.05) is 7.11 Å². The number of phenolic OH excluding ortho intramolecular Hbond substituents is 1. The Kier molecular flexibility index (Phi) is 3.31. The molecule has 0 radical (unpaired) electrons. The van der Waals surface area contributed by atoms with Crippen molar-refractivity contribution in [1.29, 1.82) is 0 Å². The van der Waals surface area contributed by atoms with Crippen LogP contribution < -0.4 is 10.5 Å². The van der Waals surface area contributed by atoms with Gasteiger partial charge in [-0.3, -0.25) is 4.79 Å². The molecule has 0 heterocycles. The van der Waals surface area contributed by atoms with Gasteiger partial charge in [0.15, 0.2) is 17.3 Å². The third kappa shape index (κ3) is 2.27. The average molecular weight is 209 g/mol. The summed E-state index contributed by atoms with van der Waals surface area (Å²) in [4.78, 5) is 11.6. The molecule has 4 heteroatoms. The van der Waals surface area contributed by atoms with Crippen molar-refractivity contribution in [3.05, 3.63) is 23.3 Å². The predicted molar refractivity (Wildman–Crippen MR) is 57.4 cm³/mol. The summed E-state index contributed by atoms with van der Waals surface area (Å²) in [6.45, 7) is 3.40. The first-order valence-electron chi connectivity index (χ1n) is 4.64. The van der Waals surface area contributed by atoms with Crippen molar-refractivity contribution in [2.45, 2.75) is 19.9 Å². The van der Waals surface area contributed by atoms with E-state index in [1.807, 2.05) is 6.92 Å². The number of aryl methyl sites for hydroxylation is 1. The first-order valence-corrected chi connectivity index (χ1v) is 4.64. The second kappa shape index (κ2) is 4.31. The van der Waals surface area contributed by atoms with Gasteiger partial charge in [0.05, 0.1) is 18.7 Å². The molecule has 0 bridgehead atoms. The SMILES string of the molecule is COc1cc(C)cc(C(=O)C(C)N)c1O. The van der Waals surface area contributed by atoms with Crippen LogP contribution in [0.4, 0.5) is 0 Å². The average Bonchev–Trinajstić information content (AvgIpc) is 2.19. The zero-order chi connectivity index (χ0) is 11.6. The largest absolute Gasteiger partial charge is 0.504 e. The van der Waals surface area contributed by atoms with Crippen LogP contribution in [0.2, 0.25) is 0 Å². The van der Waals surface area contributed by atoms with Crippen LogP contribution in [-0.4, -0.2) is 24.0 Å². The smallest absolute Gasteiger partial charge is 0.183 e. The number of carbonyl (C=O) groups excluding carboxylic acids is 1. The zero-order valence-electron chi connectivity index (χ0n) is 9.07. The number of aromatic hydroxyl groups is 1. The number of methoxy groups -OCH3 is 1. The monoisotopic (exact) mass is 209 g/mol. The fourth-order valence-corrected chi connectivity index (χ4v) is 1.33. The summed E-state index contributed by atoms with van der Waals surface area (Å²) in [5.41, 5.74) is 6.53. The molecule has 82 valence electrons. The molecule has 0 fully saturated rings. The first kappa shape index (κ1) is 11.5. The Morgan fingerprint density at radius 1 is 1.53 bits per heavy atom. The molecule has 0 aliphatic carbocycles. The van der Waals surface area contributed by atoms with Crippen molar-refractivity contribution in [3.8, 4) is 11.5 Å². The molecule has 0 aliphatic rings. The summed E-state index contributed by atoms with van der Waals surface area (Å²) in [5.74, 6) is -0.154. The number of carbonyl (C=O) groups is 1. The molecule has 0 aliphatic heterocycles. The maximum atomic E-state index is 11.6. The number of benzene rings is 1. The molecule has 1 atom stereocenters. The number of hydrogen-bond donors (Lipinski definition) is 2. The van der Waals surface area contributed by atoms with Gasteiger partial charge >= 0.3 is 0 Å². The van der Waals surface area contributed by atoms with Crippen molar-refractivity contribution in [3.63, 3.8) is 0 Å². The predicted octanol–water partition coefficient (Wildman–Crippen LogP) is 1.24. The van der Waals surface area contributed by atoms with Crippen LogP contribution in [0, 0.1) is 6.92 Å². The number of phenols is 1. The molecule has 1 unspecified atom stereocenters. The quantitative estimate of drug-likeness (QED) is 0.734. The van der Waals surface area contributed by atoms with Gasteiger partial charge in [0, 0.05) is 0 Å². The van der Waals surface area contributed by atoms with Crippen LogP contribution in [0.25, 0.3) is 0 Å². The lowest BCUT2D eigenvalue weighted by Gasteiger charge is -2.11. The maximum Gasteiger partial charge on any atom is 0.183 e. The maximum absolute atomic E-state index is 11.6. The number of hydrogen-bond acceptors (Lipinski definition) is 4. The minimum absolute atomic E-state index is 0.148. The van der Waals surface area contributed by atoms with Gasteiger partial charge in [0.25, 0.3) is 0 Å². The van der Waals surface area contributed by atoms with Crippen LogP contribution in [0.15, 0.2) is 12.1 Å². The van der Waals surface area contributed by atoms with Crippen molar-refractivity contribution in [1.82, 2.24) is 0 Å². The summed E-state index contributed by atoms with van der Waals surface area (Å²) in [7, 11) is 1.44. The van der Waals surface area contributed by atoms with Gasteiger partial charge in [-0.25, -0.2) is 0 Å². The van der Waals surface area contributed by atoms with Crippen LogP contribution >= 0.6 is 0 Å². The molecule has 4 nitrogen and oxygen atoms in total. The Hall–Kier alpha value is -1.55. The zero-order valence-corrected chi connectivity index (χ0v) is 9.07. The fourth-order valence-electron chi connectivity index (χ4n) is 1.33. The molecule has 0 aromatic heterocycles. The number of Topliss-reactive ketones (excluding diaryl/α,β-unsaturated/α-hetero) is 1. The number of ether oxygens (including phenoxy) is 1. The molecule has 1 rings (SSSR count). The molecule has 1 aromatic carbocycles. The lowest BCUT2D eigenvalue weighted by molar-refractivity contribution is 0.0964. The summed E-state index contributed by atoms with van der Waals surface area (Å²) >= 11 is 0. The number of nitrogens with two attached hydrogens (primary N) is 1. The fraction of sp³-hybridized carbons (Fsp3) is 0.364. The van der Waals surface area contributed by atoms with Crippen LogP contribution in [-0.2, 0) is 0 Å². The molecule has 0 amide bonds. The highest BCUT2D eigenvalue weighted by molar-refractivity contribution is 6.02. The molecule has 0 spiro atoms.